The number of likely N-dealkylation sites (tertiary alicyclic amines) is 1. The number of amides is 2. The van der Waals surface area contributed by atoms with E-state index < -0.39 is 0 Å². The van der Waals surface area contributed by atoms with Gasteiger partial charge in [-0.3, -0.25) is 0 Å². The summed E-state index contributed by atoms with van der Waals surface area (Å²) in [4.78, 5) is 13.3. The van der Waals surface area contributed by atoms with Crippen molar-refractivity contribution in [1.82, 2.24) is 10.2 Å². The quantitative estimate of drug-likeness (QED) is 0.693. The van der Waals surface area contributed by atoms with Gasteiger partial charge in [0, 0.05) is 19.1 Å². The van der Waals surface area contributed by atoms with Crippen LogP contribution in [0, 0.1) is 0 Å². The summed E-state index contributed by atoms with van der Waals surface area (Å²) < 4.78 is 0. The highest BCUT2D eigenvalue weighted by molar-refractivity contribution is 5.74. The molecule has 0 aromatic heterocycles. The maximum Gasteiger partial charge on any atom is 0.317 e. The van der Waals surface area contributed by atoms with Crippen molar-refractivity contribution < 1.29 is 4.79 Å². The van der Waals surface area contributed by atoms with Gasteiger partial charge in [0.2, 0.25) is 0 Å². The van der Waals surface area contributed by atoms with Crippen molar-refractivity contribution in [2.24, 2.45) is 0 Å². The van der Waals surface area contributed by atoms with Gasteiger partial charge < -0.3 is 10.2 Å². The minimum absolute atomic E-state index is 0.102. The molecule has 0 radical (unpaired) electrons. The smallest absolute Gasteiger partial charge is 0.317 e. The van der Waals surface area contributed by atoms with Crippen LogP contribution in [0.5, 0.6) is 0 Å². The fraction of sp³-hybridized carbons (Fsp3) is 0.909. The topological polar surface area (TPSA) is 32.3 Å². The van der Waals surface area contributed by atoms with Crippen LogP contribution in [0.25, 0.3) is 0 Å². The molecule has 0 bridgehead atoms. The summed E-state index contributed by atoms with van der Waals surface area (Å²) in [6.07, 6.45) is 3.59. The van der Waals surface area contributed by atoms with Crippen molar-refractivity contribution in [2.45, 2.75) is 53.0 Å². The third kappa shape index (κ3) is 5.10. The molecule has 0 spiro atoms. The SMILES string of the molecule is CC.CC(C)NC(=O)N1CCCCC1. The third-order valence-electron chi connectivity index (χ3n) is 2.06. The van der Waals surface area contributed by atoms with E-state index >= 15 is 0 Å². The van der Waals surface area contributed by atoms with Crippen LogP contribution in [0.1, 0.15) is 47.0 Å². The fourth-order valence-corrected chi connectivity index (χ4v) is 1.44. The van der Waals surface area contributed by atoms with E-state index in [4.69, 9.17) is 0 Å². The Morgan fingerprint density at radius 1 is 1.14 bits per heavy atom. The molecule has 1 aliphatic heterocycles. The number of urea groups is 1. The van der Waals surface area contributed by atoms with Crippen LogP contribution in [0.3, 0.4) is 0 Å². The van der Waals surface area contributed by atoms with Crippen LogP contribution < -0.4 is 5.32 Å². The van der Waals surface area contributed by atoms with Gasteiger partial charge in [0.05, 0.1) is 0 Å². The summed E-state index contributed by atoms with van der Waals surface area (Å²) >= 11 is 0. The van der Waals surface area contributed by atoms with Crippen molar-refractivity contribution >= 4 is 6.03 Å². The first kappa shape index (κ1) is 13.3. The largest absolute Gasteiger partial charge is 0.336 e. The van der Waals surface area contributed by atoms with Crippen molar-refractivity contribution in [3.63, 3.8) is 0 Å². The summed E-state index contributed by atoms with van der Waals surface area (Å²) in [6.45, 7) is 9.83. The monoisotopic (exact) mass is 200 g/mol. The summed E-state index contributed by atoms with van der Waals surface area (Å²) in [5.41, 5.74) is 0. The lowest BCUT2D eigenvalue weighted by atomic mass is 10.1. The Morgan fingerprint density at radius 2 is 1.64 bits per heavy atom. The molecule has 1 saturated heterocycles. The molecule has 0 aromatic rings. The molecule has 14 heavy (non-hydrogen) atoms. The lowest BCUT2D eigenvalue weighted by molar-refractivity contribution is 0.184. The van der Waals surface area contributed by atoms with E-state index in [1.165, 1.54) is 6.42 Å². The van der Waals surface area contributed by atoms with Gasteiger partial charge in [0.1, 0.15) is 0 Å². The molecule has 3 nitrogen and oxygen atoms in total. The van der Waals surface area contributed by atoms with Crippen LogP contribution in [0.15, 0.2) is 0 Å². The predicted octanol–water partition coefficient (Wildman–Crippen LogP) is 2.62. The molecule has 3 heteroatoms. The zero-order chi connectivity index (χ0) is 11.0. The van der Waals surface area contributed by atoms with Crippen molar-refractivity contribution in [2.75, 3.05) is 13.1 Å². The van der Waals surface area contributed by atoms with Crippen LogP contribution >= 0.6 is 0 Å². The van der Waals surface area contributed by atoms with Gasteiger partial charge in [0.25, 0.3) is 0 Å². The van der Waals surface area contributed by atoms with E-state index in [0.717, 1.165) is 25.9 Å². The number of hydrogen-bond acceptors (Lipinski definition) is 1. The second kappa shape index (κ2) is 7.65. The average molecular weight is 200 g/mol. The molecule has 1 N–H and O–H groups in total. The van der Waals surface area contributed by atoms with E-state index in [-0.39, 0.29) is 12.1 Å². The molecule has 84 valence electrons. The standard InChI is InChI=1S/C9H18N2O.C2H6/c1-8(2)10-9(12)11-6-4-3-5-7-11;1-2/h8H,3-7H2,1-2H3,(H,10,12);1-2H3. The number of nitrogens with zero attached hydrogens (tertiary/aromatic N) is 1. The first-order valence-corrected chi connectivity index (χ1v) is 5.75. The number of carbonyl (C=O) groups is 1. The molecule has 0 saturated carbocycles. The maximum atomic E-state index is 11.4. The molecule has 1 rings (SSSR count). The highest BCUT2D eigenvalue weighted by Gasteiger charge is 2.16. The Balaban J connectivity index is 0.000000791. The van der Waals surface area contributed by atoms with Crippen molar-refractivity contribution in [3.8, 4) is 0 Å². The molecule has 1 fully saturated rings. The number of piperidine rings is 1. The predicted molar refractivity (Wildman–Crippen MR) is 60.4 cm³/mol. The van der Waals surface area contributed by atoms with E-state index in [1.54, 1.807) is 0 Å². The Morgan fingerprint density at radius 3 is 2.07 bits per heavy atom. The lowest BCUT2D eigenvalue weighted by Gasteiger charge is -2.27. The minimum atomic E-state index is 0.102. The zero-order valence-corrected chi connectivity index (χ0v) is 9.97. The Kier molecular flexibility index (Phi) is 7.25. The fourth-order valence-electron chi connectivity index (χ4n) is 1.44. The highest BCUT2D eigenvalue weighted by Crippen LogP contribution is 2.08. The zero-order valence-electron chi connectivity index (χ0n) is 9.97. The van der Waals surface area contributed by atoms with Crippen LogP contribution in [-0.4, -0.2) is 30.1 Å². The molecule has 0 aromatic carbocycles. The van der Waals surface area contributed by atoms with Gasteiger partial charge in [-0.25, -0.2) is 4.79 Å². The molecule has 2 amide bonds. The Hall–Kier alpha value is -0.730. The second-order valence-corrected chi connectivity index (χ2v) is 3.65. The highest BCUT2D eigenvalue weighted by atomic mass is 16.2. The number of nitrogens with one attached hydrogen (secondary N) is 1. The van der Waals surface area contributed by atoms with Gasteiger partial charge >= 0.3 is 6.03 Å². The Bertz CT molecular complexity index is 151. The number of rotatable bonds is 1. The lowest BCUT2D eigenvalue weighted by Crippen LogP contribution is -2.45. The summed E-state index contributed by atoms with van der Waals surface area (Å²) in [6, 6.07) is 0.351. The molecular formula is C11H24N2O. The first-order valence-electron chi connectivity index (χ1n) is 5.75. The van der Waals surface area contributed by atoms with E-state index in [0.29, 0.717) is 0 Å². The molecule has 0 unspecified atom stereocenters. The summed E-state index contributed by atoms with van der Waals surface area (Å²) in [7, 11) is 0. The summed E-state index contributed by atoms with van der Waals surface area (Å²) in [5.74, 6) is 0. The van der Waals surface area contributed by atoms with E-state index in [1.807, 2.05) is 32.6 Å². The van der Waals surface area contributed by atoms with Gasteiger partial charge in [-0.1, -0.05) is 13.8 Å². The van der Waals surface area contributed by atoms with Crippen molar-refractivity contribution in [1.29, 1.82) is 0 Å². The maximum absolute atomic E-state index is 11.4. The molecular weight excluding hydrogens is 176 g/mol. The van der Waals surface area contributed by atoms with Crippen molar-refractivity contribution in [3.05, 3.63) is 0 Å². The minimum Gasteiger partial charge on any atom is -0.336 e. The first-order chi connectivity index (χ1) is 6.70. The van der Waals surface area contributed by atoms with Gasteiger partial charge in [0.15, 0.2) is 0 Å². The Labute approximate surface area is 87.9 Å². The molecule has 1 aliphatic rings. The second-order valence-electron chi connectivity index (χ2n) is 3.65. The summed E-state index contributed by atoms with van der Waals surface area (Å²) in [5, 5.41) is 2.90. The van der Waals surface area contributed by atoms with E-state index in [9.17, 15) is 4.79 Å². The van der Waals surface area contributed by atoms with Gasteiger partial charge in [-0.2, -0.15) is 0 Å². The third-order valence-corrected chi connectivity index (χ3v) is 2.06. The average Bonchev–Trinajstić information content (AvgIpc) is 2.21. The van der Waals surface area contributed by atoms with E-state index in [2.05, 4.69) is 5.32 Å². The molecule has 0 aliphatic carbocycles. The molecule has 1 heterocycles. The number of hydrogen-bond donors (Lipinski definition) is 1. The normalized spacial score (nSPS) is 15.9. The van der Waals surface area contributed by atoms with Gasteiger partial charge in [-0.05, 0) is 33.1 Å². The van der Waals surface area contributed by atoms with Crippen LogP contribution in [0.4, 0.5) is 4.79 Å². The van der Waals surface area contributed by atoms with Crippen LogP contribution in [0.2, 0.25) is 0 Å². The number of carbonyl (C=O) groups excluding carboxylic acids is 1. The van der Waals surface area contributed by atoms with Gasteiger partial charge in [-0.15, -0.1) is 0 Å². The van der Waals surface area contributed by atoms with Crippen LogP contribution in [-0.2, 0) is 0 Å². The molecule has 0 atom stereocenters.